The van der Waals surface area contributed by atoms with Gasteiger partial charge >= 0.3 is 0 Å². The lowest BCUT2D eigenvalue weighted by molar-refractivity contribution is 0.279. The Bertz CT molecular complexity index is 388. The van der Waals surface area contributed by atoms with Crippen LogP contribution in [0.1, 0.15) is 32.6 Å². The van der Waals surface area contributed by atoms with E-state index in [1.807, 2.05) is 0 Å². The summed E-state index contributed by atoms with van der Waals surface area (Å²) in [6.45, 7) is 2.29. The Balaban J connectivity index is 2.17. The van der Waals surface area contributed by atoms with E-state index in [2.05, 4.69) is 38.1 Å². The highest BCUT2D eigenvalue weighted by molar-refractivity contribution is 9.10. The predicted octanol–water partition coefficient (Wildman–Crippen LogP) is 3.84. The van der Waals surface area contributed by atoms with Gasteiger partial charge in [-0.15, -0.1) is 11.6 Å². The zero-order valence-corrected chi connectivity index (χ0v) is 12.3. The summed E-state index contributed by atoms with van der Waals surface area (Å²) in [4.78, 5) is 8.23. The average Bonchev–Trinajstić information content (AvgIpc) is 2.32. The monoisotopic (exact) mass is 317 g/mol. The number of anilines is 1. The van der Waals surface area contributed by atoms with Crippen LogP contribution < -0.4 is 5.32 Å². The molecular formula is C12H17BrClN3. The molecule has 17 heavy (non-hydrogen) atoms. The molecule has 5 heteroatoms. The van der Waals surface area contributed by atoms with Crippen LogP contribution in [0.3, 0.4) is 0 Å². The Morgan fingerprint density at radius 1 is 1.65 bits per heavy atom. The van der Waals surface area contributed by atoms with Gasteiger partial charge in [0.05, 0.1) is 10.0 Å². The van der Waals surface area contributed by atoms with Crippen LogP contribution in [0.2, 0.25) is 0 Å². The Morgan fingerprint density at radius 3 is 3.12 bits per heavy atom. The number of hydrogen-bond donors (Lipinski definition) is 1. The number of rotatable bonds is 3. The smallest absolute Gasteiger partial charge is 0.144 e. The molecule has 1 heterocycles. The molecular weight excluding hydrogens is 302 g/mol. The average molecular weight is 319 g/mol. The van der Waals surface area contributed by atoms with Gasteiger partial charge in [-0.2, -0.15) is 0 Å². The minimum atomic E-state index is -0.0178. The summed E-state index contributed by atoms with van der Waals surface area (Å²) in [5.74, 6) is 2.18. The summed E-state index contributed by atoms with van der Waals surface area (Å²) >= 11 is 9.64. The van der Waals surface area contributed by atoms with Crippen molar-refractivity contribution in [3.63, 3.8) is 0 Å². The molecule has 2 rings (SSSR count). The first kappa shape index (κ1) is 13.1. The van der Waals surface area contributed by atoms with E-state index in [0.29, 0.717) is 5.88 Å². The largest absolute Gasteiger partial charge is 0.362 e. The van der Waals surface area contributed by atoms with Crippen molar-refractivity contribution in [2.75, 3.05) is 11.2 Å². The predicted molar refractivity (Wildman–Crippen MR) is 74.4 cm³/mol. The van der Waals surface area contributed by atoms with Gasteiger partial charge in [-0.05, 0) is 34.7 Å². The van der Waals surface area contributed by atoms with Crippen molar-refractivity contribution in [2.45, 2.75) is 38.1 Å². The summed E-state index contributed by atoms with van der Waals surface area (Å²) in [5, 5.41) is 3.51. The molecule has 0 aromatic carbocycles. The minimum absolute atomic E-state index is 0.0178. The van der Waals surface area contributed by atoms with Crippen molar-refractivity contribution in [3.8, 4) is 0 Å². The molecule has 0 amide bonds. The molecule has 1 aromatic rings. The second-order valence-electron chi connectivity index (χ2n) is 4.96. The molecule has 0 radical (unpaired) electrons. The first-order chi connectivity index (χ1) is 8.15. The maximum Gasteiger partial charge on any atom is 0.144 e. The van der Waals surface area contributed by atoms with E-state index >= 15 is 0 Å². The van der Waals surface area contributed by atoms with Crippen LogP contribution in [0.5, 0.6) is 0 Å². The van der Waals surface area contributed by atoms with Crippen LogP contribution in [0, 0.1) is 5.92 Å². The van der Waals surface area contributed by atoms with E-state index in [9.17, 15) is 0 Å². The fourth-order valence-electron chi connectivity index (χ4n) is 2.58. The highest BCUT2D eigenvalue weighted by Crippen LogP contribution is 2.36. The molecule has 2 atom stereocenters. The van der Waals surface area contributed by atoms with Crippen molar-refractivity contribution in [2.24, 2.45) is 5.92 Å². The van der Waals surface area contributed by atoms with Gasteiger partial charge in [-0.1, -0.05) is 19.8 Å². The second-order valence-corrected chi connectivity index (χ2v) is 6.08. The van der Waals surface area contributed by atoms with Gasteiger partial charge in [-0.3, -0.25) is 0 Å². The molecule has 1 saturated carbocycles. The summed E-state index contributed by atoms with van der Waals surface area (Å²) in [5.41, 5.74) is -0.0178. The maximum absolute atomic E-state index is 6.18. The first-order valence-electron chi connectivity index (χ1n) is 5.95. The number of halogens is 2. The SMILES string of the molecule is CC1CCCC(CCl)(Nc2ncncc2Br)C1. The molecule has 3 nitrogen and oxygen atoms in total. The highest BCUT2D eigenvalue weighted by atomic mass is 79.9. The highest BCUT2D eigenvalue weighted by Gasteiger charge is 2.34. The molecule has 1 fully saturated rings. The van der Waals surface area contributed by atoms with Crippen LogP contribution in [-0.4, -0.2) is 21.4 Å². The number of alkyl halides is 1. The lowest BCUT2D eigenvalue weighted by Crippen LogP contribution is -2.44. The van der Waals surface area contributed by atoms with Gasteiger partial charge < -0.3 is 5.32 Å². The number of nitrogens with zero attached hydrogens (tertiary/aromatic N) is 2. The Labute approximate surface area is 116 Å². The van der Waals surface area contributed by atoms with Crippen molar-refractivity contribution in [1.29, 1.82) is 0 Å². The third-order valence-corrected chi connectivity index (χ3v) is 4.49. The van der Waals surface area contributed by atoms with Gasteiger partial charge in [-0.25, -0.2) is 9.97 Å². The summed E-state index contributed by atoms with van der Waals surface area (Å²) < 4.78 is 0.891. The lowest BCUT2D eigenvalue weighted by Gasteiger charge is -2.40. The zero-order chi connectivity index (χ0) is 12.3. The fourth-order valence-corrected chi connectivity index (χ4v) is 3.21. The van der Waals surface area contributed by atoms with E-state index in [0.717, 1.165) is 29.1 Å². The Kier molecular flexibility index (Phi) is 4.26. The van der Waals surface area contributed by atoms with Crippen LogP contribution in [0.4, 0.5) is 5.82 Å². The van der Waals surface area contributed by atoms with E-state index in [1.54, 1.807) is 12.5 Å². The molecule has 0 aliphatic heterocycles. The molecule has 1 aliphatic carbocycles. The fraction of sp³-hybridized carbons (Fsp3) is 0.667. The number of aromatic nitrogens is 2. The third-order valence-electron chi connectivity index (χ3n) is 3.40. The summed E-state index contributed by atoms with van der Waals surface area (Å²) in [7, 11) is 0. The molecule has 1 N–H and O–H groups in total. The van der Waals surface area contributed by atoms with Gasteiger partial charge in [0.2, 0.25) is 0 Å². The van der Waals surface area contributed by atoms with Crippen LogP contribution in [-0.2, 0) is 0 Å². The van der Waals surface area contributed by atoms with E-state index in [4.69, 9.17) is 11.6 Å². The zero-order valence-electron chi connectivity index (χ0n) is 9.92. The number of nitrogens with one attached hydrogen (secondary N) is 1. The maximum atomic E-state index is 6.18. The molecule has 94 valence electrons. The van der Waals surface area contributed by atoms with Crippen molar-refractivity contribution in [3.05, 3.63) is 17.0 Å². The van der Waals surface area contributed by atoms with Crippen molar-refractivity contribution >= 4 is 33.3 Å². The molecule has 1 aliphatic rings. The third kappa shape index (κ3) is 3.10. The quantitative estimate of drug-likeness (QED) is 0.861. The van der Waals surface area contributed by atoms with Crippen molar-refractivity contribution < 1.29 is 0 Å². The lowest BCUT2D eigenvalue weighted by atomic mass is 9.77. The van der Waals surface area contributed by atoms with Gasteiger partial charge in [0.15, 0.2) is 0 Å². The summed E-state index contributed by atoms with van der Waals surface area (Å²) in [6, 6.07) is 0. The second kappa shape index (κ2) is 5.53. The van der Waals surface area contributed by atoms with E-state index in [1.165, 1.54) is 12.8 Å². The van der Waals surface area contributed by atoms with Crippen LogP contribution in [0.25, 0.3) is 0 Å². The Hall–Kier alpha value is -0.350. The first-order valence-corrected chi connectivity index (χ1v) is 7.28. The molecule has 2 unspecified atom stereocenters. The molecule has 1 aromatic heterocycles. The normalized spacial score (nSPS) is 29.0. The topological polar surface area (TPSA) is 37.8 Å². The van der Waals surface area contributed by atoms with Crippen LogP contribution >= 0.6 is 27.5 Å². The molecule has 0 saturated heterocycles. The minimum Gasteiger partial charge on any atom is -0.362 e. The van der Waals surface area contributed by atoms with Crippen molar-refractivity contribution in [1.82, 2.24) is 9.97 Å². The van der Waals surface area contributed by atoms with Gasteiger partial charge in [0.1, 0.15) is 12.1 Å². The molecule has 0 spiro atoms. The number of hydrogen-bond acceptors (Lipinski definition) is 3. The van der Waals surface area contributed by atoms with E-state index in [-0.39, 0.29) is 5.54 Å². The van der Waals surface area contributed by atoms with E-state index < -0.39 is 0 Å². The standard InChI is InChI=1S/C12H17BrClN3/c1-9-3-2-4-12(5-9,7-14)17-11-10(13)6-15-8-16-11/h6,8-9H,2-5,7H2,1H3,(H,15,16,17). The Morgan fingerprint density at radius 2 is 2.47 bits per heavy atom. The molecule has 0 bridgehead atoms. The van der Waals surface area contributed by atoms with Crippen LogP contribution in [0.15, 0.2) is 17.0 Å². The van der Waals surface area contributed by atoms with Gasteiger partial charge in [0, 0.05) is 12.1 Å². The summed E-state index contributed by atoms with van der Waals surface area (Å²) in [6.07, 6.45) is 8.05. The van der Waals surface area contributed by atoms with Gasteiger partial charge in [0.25, 0.3) is 0 Å².